The van der Waals surface area contributed by atoms with E-state index in [-0.39, 0.29) is 0 Å². The highest BCUT2D eigenvalue weighted by atomic mass is 16.5. The molecule has 72 valence electrons. The summed E-state index contributed by atoms with van der Waals surface area (Å²) < 4.78 is 5.34. The molecule has 0 aromatic carbocycles. The van der Waals surface area contributed by atoms with E-state index in [1.54, 1.807) is 0 Å². The monoisotopic (exact) mass is 171 g/mol. The fourth-order valence-corrected chi connectivity index (χ4v) is 1.72. The van der Waals surface area contributed by atoms with Crippen LogP contribution in [0.5, 0.6) is 0 Å². The van der Waals surface area contributed by atoms with Crippen molar-refractivity contribution in [1.82, 2.24) is 5.32 Å². The molecule has 1 unspecified atom stereocenters. The van der Waals surface area contributed by atoms with Crippen LogP contribution in [0.2, 0.25) is 0 Å². The molecule has 1 fully saturated rings. The predicted molar refractivity (Wildman–Crippen MR) is 51.4 cm³/mol. The zero-order chi connectivity index (χ0) is 8.65. The summed E-state index contributed by atoms with van der Waals surface area (Å²) in [5.41, 5.74) is 0. The average molecular weight is 171 g/mol. The molecule has 1 atom stereocenters. The van der Waals surface area contributed by atoms with Gasteiger partial charge in [-0.15, -0.1) is 0 Å². The summed E-state index contributed by atoms with van der Waals surface area (Å²) in [7, 11) is 0. The van der Waals surface area contributed by atoms with Gasteiger partial charge in [0.2, 0.25) is 0 Å². The summed E-state index contributed by atoms with van der Waals surface area (Å²) in [5, 5.41) is 3.56. The van der Waals surface area contributed by atoms with Crippen molar-refractivity contribution in [2.24, 2.45) is 0 Å². The Morgan fingerprint density at radius 3 is 3.08 bits per heavy atom. The molecule has 0 amide bonds. The van der Waals surface area contributed by atoms with Crippen molar-refractivity contribution in [1.29, 1.82) is 0 Å². The Balaban J connectivity index is 2.04. The molecular formula is C10H21NO. The molecule has 2 nitrogen and oxygen atoms in total. The minimum absolute atomic E-state index is 0.721. The third kappa shape index (κ3) is 4.07. The number of hydrogen-bond donors (Lipinski definition) is 1. The maximum Gasteiger partial charge on any atom is 0.0480 e. The Hall–Kier alpha value is -0.0800. The van der Waals surface area contributed by atoms with Crippen LogP contribution in [-0.2, 0) is 4.74 Å². The van der Waals surface area contributed by atoms with Gasteiger partial charge in [-0.1, -0.05) is 12.8 Å². The SMILES string of the molecule is CCOCCC1CCCCCN1. The van der Waals surface area contributed by atoms with Gasteiger partial charge in [-0.05, 0) is 32.7 Å². The van der Waals surface area contributed by atoms with Gasteiger partial charge in [0.1, 0.15) is 0 Å². The van der Waals surface area contributed by atoms with E-state index in [1.165, 1.54) is 38.6 Å². The smallest absolute Gasteiger partial charge is 0.0480 e. The number of nitrogens with one attached hydrogen (secondary N) is 1. The molecule has 0 aromatic rings. The third-order valence-electron chi connectivity index (χ3n) is 2.48. The van der Waals surface area contributed by atoms with Crippen LogP contribution < -0.4 is 5.32 Å². The number of hydrogen-bond acceptors (Lipinski definition) is 2. The van der Waals surface area contributed by atoms with Gasteiger partial charge in [0.15, 0.2) is 0 Å². The van der Waals surface area contributed by atoms with E-state index in [2.05, 4.69) is 12.2 Å². The van der Waals surface area contributed by atoms with Crippen LogP contribution in [0.4, 0.5) is 0 Å². The molecular weight excluding hydrogens is 150 g/mol. The van der Waals surface area contributed by atoms with Crippen molar-refractivity contribution < 1.29 is 4.74 Å². The molecule has 1 N–H and O–H groups in total. The molecule has 12 heavy (non-hydrogen) atoms. The van der Waals surface area contributed by atoms with Crippen molar-refractivity contribution in [3.63, 3.8) is 0 Å². The van der Waals surface area contributed by atoms with Crippen LogP contribution in [0.25, 0.3) is 0 Å². The van der Waals surface area contributed by atoms with Crippen LogP contribution >= 0.6 is 0 Å². The van der Waals surface area contributed by atoms with E-state index >= 15 is 0 Å². The lowest BCUT2D eigenvalue weighted by atomic mass is 10.1. The van der Waals surface area contributed by atoms with Crippen LogP contribution in [0.1, 0.15) is 39.0 Å². The Kier molecular flexibility index (Phi) is 5.37. The van der Waals surface area contributed by atoms with Crippen molar-refractivity contribution in [3.8, 4) is 0 Å². The van der Waals surface area contributed by atoms with Crippen molar-refractivity contribution in [2.45, 2.75) is 45.1 Å². The molecule has 0 saturated carbocycles. The van der Waals surface area contributed by atoms with E-state index < -0.39 is 0 Å². The van der Waals surface area contributed by atoms with E-state index in [0.29, 0.717) is 0 Å². The van der Waals surface area contributed by atoms with Gasteiger partial charge in [-0.2, -0.15) is 0 Å². The summed E-state index contributed by atoms with van der Waals surface area (Å²) in [6.07, 6.45) is 6.67. The van der Waals surface area contributed by atoms with E-state index in [4.69, 9.17) is 4.74 Å². The van der Waals surface area contributed by atoms with E-state index in [1.807, 2.05) is 0 Å². The Bertz CT molecular complexity index is 98.0. The molecule has 0 aliphatic carbocycles. The molecule has 1 rings (SSSR count). The molecule has 1 heterocycles. The third-order valence-corrected chi connectivity index (χ3v) is 2.48. The summed E-state index contributed by atoms with van der Waals surface area (Å²) in [5.74, 6) is 0. The van der Waals surface area contributed by atoms with Crippen LogP contribution in [0.3, 0.4) is 0 Å². The molecule has 1 aliphatic rings. The molecule has 0 radical (unpaired) electrons. The Labute approximate surface area is 75.7 Å². The largest absolute Gasteiger partial charge is 0.382 e. The van der Waals surface area contributed by atoms with E-state index in [0.717, 1.165) is 19.3 Å². The zero-order valence-corrected chi connectivity index (χ0v) is 8.14. The van der Waals surface area contributed by atoms with Gasteiger partial charge in [0.25, 0.3) is 0 Å². The van der Waals surface area contributed by atoms with Crippen LogP contribution in [-0.4, -0.2) is 25.8 Å². The minimum Gasteiger partial charge on any atom is -0.382 e. The highest BCUT2D eigenvalue weighted by molar-refractivity contribution is 4.70. The normalized spacial score (nSPS) is 25.2. The van der Waals surface area contributed by atoms with Gasteiger partial charge < -0.3 is 10.1 Å². The predicted octanol–water partition coefficient (Wildman–Crippen LogP) is 1.95. The first kappa shape index (κ1) is 10.0. The second kappa shape index (κ2) is 6.44. The molecule has 0 bridgehead atoms. The van der Waals surface area contributed by atoms with Gasteiger partial charge >= 0.3 is 0 Å². The fourth-order valence-electron chi connectivity index (χ4n) is 1.72. The van der Waals surface area contributed by atoms with Crippen LogP contribution in [0.15, 0.2) is 0 Å². The number of ether oxygens (including phenoxy) is 1. The Morgan fingerprint density at radius 2 is 2.25 bits per heavy atom. The summed E-state index contributed by atoms with van der Waals surface area (Å²) >= 11 is 0. The lowest BCUT2D eigenvalue weighted by Gasteiger charge is -2.14. The summed E-state index contributed by atoms with van der Waals surface area (Å²) in [4.78, 5) is 0. The maximum atomic E-state index is 5.34. The van der Waals surface area contributed by atoms with Crippen LogP contribution in [0, 0.1) is 0 Å². The molecule has 1 saturated heterocycles. The number of rotatable bonds is 4. The molecule has 0 aromatic heterocycles. The lowest BCUT2D eigenvalue weighted by molar-refractivity contribution is 0.136. The molecule has 0 spiro atoms. The van der Waals surface area contributed by atoms with Gasteiger partial charge in [-0.25, -0.2) is 0 Å². The second-order valence-corrected chi connectivity index (χ2v) is 3.49. The summed E-state index contributed by atoms with van der Waals surface area (Å²) in [6.45, 7) is 5.04. The Morgan fingerprint density at radius 1 is 1.33 bits per heavy atom. The zero-order valence-electron chi connectivity index (χ0n) is 8.14. The molecule has 2 heteroatoms. The highest BCUT2D eigenvalue weighted by Crippen LogP contribution is 2.10. The van der Waals surface area contributed by atoms with Crippen molar-refractivity contribution >= 4 is 0 Å². The summed E-state index contributed by atoms with van der Waals surface area (Å²) in [6, 6.07) is 0.721. The van der Waals surface area contributed by atoms with Gasteiger partial charge in [0, 0.05) is 19.3 Å². The first-order chi connectivity index (χ1) is 5.93. The first-order valence-electron chi connectivity index (χ1n) is 5.24. The van der Waals surface area contributed by atoms with Gasteiger partial charge in [0.05, 0.1) is 0 Å². The van der Waals surface area contributed by atoms with Crippen molar-refractivity contribution in [2.75, 3.05) is 19.8 Å². The quantitative estimate of drug-likeness (QED) is 0.653. The van der Waals surface area contributed by atoms with Crippen molar-refractivity contribution in [3.05, 3.63) is 0 Å². The van der Waals surface area contributed by atoms with Gasteiger partial charge in [-0.3, -0.25) is 0 Å². The topological polar surface area (TPSA) is 21.3 Å². The lowest BCUT2D eigenvalue weighted by Crippen LogP contribution is -2.29. The standard InChI is InChI=1S/C10H21NO/c1-2-12-9-7-10-6-4-3-5-8-11-10/h10-11H,2-9H2,1H3. The average Bonchev–Trinajstić information content (AvgIpc) is 2.33. The second-order valence-electron chi connectivity index (χ2n) is 3.49. The minimum atomic E-state index is 0.721. The fraction of sp³-hybridized carbons (Fsp3) is 1.00. The highest BCUT2D eigenvalue weighted by Gasteiger charge is 2.10. The molecule has 1 aliphatic heterocycles. The first-order valence-corrected chi connectivity index (χ1v) is 5.24. The van der Waals surface area contributed by atoms with E-state index in [9.17, 15) is 0 Å². The maximum absolute atomic E-state index is 5.34.